The van der Waals surface area contributed by atoms with Crippen molar-refractivity contribution in [2.75, 3.05) is 25.5 Å². The van der Waals surface area contributed by atoms with Gasteiger partial charge in [0.2, 0.25) is 0 Å². The average molecular weight is 334 g/mol. The van der Waals surface area contributed by atoms with Gasteiger partial charge >= 0.3 is 11.9 Å². The van der Waals surface area contributed by atoms with E-state index in [-0.39, 0.29) is 5.41 Å². The number of likely N-dealkylation sites (N-methyl/N-ethyl adjacent to an activating group) is 2. The summed E-state index contributed by atoms with van der Waals surface area (Å²) < 4.78 is 0. The first-order valence-electron chi connectivity index (χ1n) is 7.57. The lowest BCUT2D eigenvalue weighted by Crippen LogP contribution is -2.45. The maximum absolute atomic E-state index is 9.65. The number of aliphatic carboxylic acids is 2. The van der Waals surface area contributed by atoms with Gasteiger partial charge in [-0.05, 0) is 37.2 Å². The fraction of sp³-hybridized carbons (Fsp3) is 0.412. The maximum Gasteiger partial charge on any atom is 0.328 e. The van der Waals surface area contributed by atoms with Gasteiger partial charge in [0, 0.05) is 36.8 Å². The number of aromatic hydroxyl groups is 1. The summed E-state index contributed by atoms with van der Waals surface area (Å²) in [4.78, 5) is 23.8. The molecule has 1 aromatic carbocycles. The standard InChI is InChI=1S/C13H18N2O.C4H4O4/c1-13-6-7-14(2)12(13)15(3)11-5-4-9(16)8-10(11)13;5-3(6)1-2-4(7)8/h4-5,8,12,16H,6-7H2,1-3H3;1-2H,(H,5,6)(H,7,8)/b;2-1+/t12-,13-;/m0./s1. The number of anilines is 1. The molecule has 0 radical (unpaired) electrons. The highest BCUT2D eigenvalue weighted by Gasteiger charge is 2.52. The molecule has 2 heterocycles. The van der Waals surface area contributed by atoms with Crippen molar-refractivity contribution in [3.05, 3.63) is 35.9 Å². The molecule has 0 spiro atoms. The van der Waals surface area contributed by atoms with Crippen molar-refractivity contribution in [1.29, 1.82) is 0 Å². The van der Waals surface area contributed by atoms with Crippen molar-refractivity contribution < 1.29 is 24.9 Å². The summed E-state index contributed by atoms with van der Waals surface area (Å²) >= 11 is 0. The van der Waals surface area contributed by atoms with E-state index in [1.54, 1.807) is 6.07 Å². The lowest BCUT2D eigenvalue weighted by molar-refractivity contribution is -0.134. The molecule has 2 atom stereocenters. The molecule has 0 saturated carbocycles. The molecule has 130 valence electrons. The first-order valence-corrected chi connectivity index (χ1v) is 7.57. The van der Waals surface area contributed by atoms with Crippen molar-refractivity contribution in [1.82, 2.24) is 4.90 Å². The van der Waals surface area contributed by atoms with Crippen LogP contribution in [0.15, 0.2) is 30.4 Å². The van der Waals surface area contributed by atoms with Crippen LogP contribution in [-0.4, -0.2) is 59.0 Å². The highest BCUT2D eigenvalue weighted by molar-refractivity contribution is 5.89. The van der Waals surface area contributed by atoms with E-state index in [2.05, 4.69) is 30.8 Å². The number of fused-ring (bicyclic) bond motifs is 3. The molecule has 1 saturated heterocycles. The molecule has 0 amide bonds. The molecule has 0 bridgehead atoms. The largest absolute Gasteiger partial charge is 0.508 e. The Labute approximate surface area is 140 Å². The third-order valence-electron chi connectivity index (χ3n) is 4.68. The van der Waals surface area contributed by atoms with Crippen LogP contribution in [0.1, 0.15) is 18.9 Å². The summed E-state index contributed by atoms with van der Waals surface area (Å²) in [5.41, 5.74) is 2.72. The molecule has 2 aliphatic heterocycles. The Balaban J connectivity index is 0.000000224. The Morgan fingerprint density at radius 3 is 2.33 bits per heavy atom. The Morgan fingerprint density at radius 1 is 1.21 bits per heavy atom. The molecular weight excluding hydrogens is 312 g/mol. The number of likely N-dealkylation sites (tertiary alicyclic amines) is 1. The quantitative estimate of drug-likeness (QED) is 0.704. The van der Waals surface area contributed by atoms with Gasteiger partial charge in [0.05, 0.1) is 6.17 Å². The Bertz CT molecular complexity index is 672. The highest BCUT2D eigenvalue weighted by Crippen LogP contribution is 2.51. The van der Waals surface area contributed by atoms with Crippen molar-refractivity contribution >= 4 is 17.6 Å². The molecule has 0 aromatic heterocycles. The number of benzene rings is 1. The van der Waals surface area contributed by atoms with Crippen LogP contribution in [0.3, 0.4) is 0 Å². The summed E-state index contributed by atoms with van der Waals surface area (Å²) in [6.07, 6.45) is 2.71. The number of phenols is 1. The molecule has 7 heteroatoms. The SMILES string of the molecule is CN1CC[C@@]2(C)c3cc(O)ccc3N(C)[C@H]12.O=C(O)/C=C/C(=O)O. The zero-order valence-corrected chi connectivity index (χ0v) is 13.9. The normalized spacial score (nSPS) is 25.1. The third kappa shape index (κ3) is 3.21. The number of hydrogen-bond donors (Lipinski definition) is 3. The van der Waals surface area contributed by atoms with Gasteiger partial charge in [-0.2, -0.15) is 0 Å². The number of carboxylic acid groups (broad SMARTS) is 2. The average Bonchev–Trinajstić information content (AvgIpc) is 2.92. The number of rotatable bonds is 2. The van der Waals surface area contributed by atoms with Gasteiger partial charge in [-0.15, -0.1) is 0 Å². The van der Waals surface area contributed by atoms with Crippen molar-refractivity contribution in [3.8, 4) is 5.75 Å². The van der Waals surface area contributed by atoms with E-state index in [0.29, 0.717) is 24.1 Å². The smallest absolute Gasteiger partial charge is 0.328 e. The van der Waals surface area contributed by atoms with Crippen LogP contribution < -0.4 is 4.90 Å². The fourth-order valence-corrected chi connectivity index (χ4v) is 3.71. The zero-order chi connectivity index (χ0) is 18.1. The zero-order valence-electron chi connectivity index (χ0n) is 13.9. The molecular formula is C17H22N2O5. The van der Waals surface area contributed by atoms with Gasteiger partial charge in [0.15, 0.2) is 0 Å². The lowest BCUT2D eigenvalue weighted by Gasteiger charge is -2.32. The lowest BCUT2D eigenvalue weighted by atomic mass is 9.81. The van der Waals surface area contributed by atoms with Crippen molar-refractivity contribution in [2.24, 2.45) is 0 Å². The van der Waals surface area contributed by atoms with Gasteiger partial charge in [0.25, 0.3) is 0 Å². The van der Waals surface area contributed by atoms with E-state index in [1.165, 1.54) is 11.3 Å². The molecule has 0 unspecified atom stereocenters. The van der Waals surface area contributed by atoms with E-state index in [0.717, 1.165) is 13.0 Å². The summed E-state index contributed by atoms with van der Waals surface area (Å²) in [5, 5.41) is 25.3. The molecule has 3 N–H and O–H groups in total. The minimum absolute atomic E-state index is 0.164. The molecule has 3 rings (SSSR count). The molecule has 0 aliphatic carbocycles. The third-order valence-corrected chi connectivity index (χ3v) is 4.68. The topological polar surface area (TPSA) is 101 Å². The van der Waals surface area contributed by atoms with Crippen LogP contribution in [0.4, 0.5) is 5.69 Å². The van der Waals surface area contributed by atoms with E-state index < -0.39 is 11.9 Å². The van der Waals surface area contributed by atoms with Crippen LogP contribution in [0.25, 0.3) is 0 Å². The van der Waals surface area contributed by atoms with Gasteiger partial charge in [-0.25, -0.2) is 9.59 Å². The molecule has 7 nitrogen and oxygen atoms in total. The van der Waals surface area contributed by atoms with Gasteiger partial charge in [-0.3, -0.25) is 4.90 Å². The summed E-state index contributed by atoms with van der Waals surface area (Å²) in [7, 11) is 4.33. The highest BCUT2D eigenvalue weighted by atomic mass is 16.4. The predicted octanol–water partition coefficient (Wildman–Crippen LogP) is 1.47. The Morgan fingerprint density at radius 2 is 1.79 bits per heavy atom. The monoisotopic (exact) mass is 334 g/mol. The minimum Gasteiger partial charge on any atom is -0.508 e. The Kier molecular flexibility index (Phi) is 4.84. The Hall–Kier alpha value is -2.54. The van der Waals surface area contributed by atoms with Crippen molar-refractivity contribution in [3.63, 3.8) is 0 Å². The molecule has 1 fully saturated rings. The van der Waals surface area contributed by atoms with Crippen molar-refractivity contribution in [2.45, 2.75) is 24.9 Å². The van der Waals surface area contributed by atoms with E-state index in [9.17, 15) is 14.7 Å². The number of nitrogens with zero attached hydrogens (tertiary/aromatic N) is 2. The summed E-state index contributed by atoms with van der Waals surface area (Å²) in [6, 6.07) is 5.74. The first kappa shape index (κ1) is 17.8. The minimum atomic E-state index is -1.26. The van der Waals surface area contributed by atoms with Gasteiger partial charge < -0.3 is 20.2 Å². The van der Waals surface area contributed by atoms with Crippen LogP contribution in [0, 0.1) is 0 Å². The number of carboxylic acids is 2. The summed E-state index contributed by atoms with van der Waals surface area (Å²) in [5.74, 6) is -2.14. The van der Waals surface area contributed by atoms with E-state index in [4.69, 9.17) is 10.2 Å². The number of phenolic OH excluding ortho intramolecular Hbond substituents is 1. The molecule has 1 aromatic rings. The predicted molar refractivity (Wildman–Crippen MR) is 89.3 cm³/mol. The summed E-state index contributed by atoms with van der Waals surface area (Å²) in [6.45, 7) is 3.43. The van der Waals surface area contributed by atoms with E-state index >= 15 is 0 Å². The van der Waals surface area contributed by atoms with Gasteiger partial charge in [-0.1, -0.05) is 6.92 Å². The molecule has 2 aliphatic rings. The molecule has 24 heavy (non-hydrogen) atoms. The second-order valence-electron chi connectivity index (χ2n) is 6.34. The second-order valence-corrected chi connectivity index (χ2v) is 6.34. The maximum atomic E-state index is 9.65. The van der Waals surface area contributed by atoms with Gasteiger partial charge in [0.1, 0.15) is 5.75 Å². The second kappa shape index (κ2) is 6.52. The van der Waals surface area contributed by atoms with E-state index in [1.807, 2.05) is 12.1 Å². The van der Waals surface area contributed by atoms with Crippen LogP contribution >= 0.6 is 0 Å². The van der Waals surface area contributed by atoms with Crippen LogP contribution in [0.5, 0.6) is 5.75 Å². The number of hydrogen-bond acceptors (Lipinski definition) is 5. The number of carbonyl (C=O) groups is 2. The van der Waals surface area contributed by atoms with Crippen LogP contribution in [-0.2, 0) is 15.0 Å². The van der Waals surface area contributed by atoms with Crippen LogP contribution in [0.2, 0.25) is 0 Å². The fourth-order valence-electron chi connectivity index (χ4n) is 3.71. The first-order chi connectivity index (χ1) is 11.2.